The van der Waals surface area contributed by atoms with Crippen molar-refractivity contribution in [2.24, 2.45) is 4.99 Å². The molecule has 1 saturated heterocycles. The summed E-state index contributed by atoms with van der Waals surface area (Å²) in [5.74, 6) is 2.42. The van der Waals surface area contributed by atoms with Crippen LogP contribution in [0.1, 0.15) is 0 Å². The molecule has 2 rings (SSSR count). The SMILES string of the molecule is CN=C(NCCN1CCS(=O)(=O)CC1)Nc1ccc(OC)c(OC)c1. The molecule has 1 aromatic rings. The second-order valence-electron chi connectivity index (χ2n) is 5.69. The van der Waals surface area contributed by atoms with Crippen LogP contribution in [0, 0.1) is 0 Å². The van der Waals surface area contributed by atoms with Crippen molar-refractivity contribution in [3.8, 4) is 11.5 Å². The molecule has 0 aromatic heterocycles. The van der Waals surface area contributed by atoms with E-state index < -0.39 is 9.84 Å². The molecule has 8 nitrogen and oxygen atoms in total. The van der Waals surface area contributed by atoms with Gasteiger partial charge in [-0.3, -0.25) is 9.89 Å². The van der Waals surface area contributed by atoms with Crippen molar-refractivity contribution >= 4 is 21.5 Å². The Kier molecular flexibility index (Phi) is 6.89. The fraction of sp³-hybridized carbons (Fsp3) is 0.562. The topological polar surface area (TPSA) is 92.3 Å². The van der Waals surface area contributed by atoms with E-state index in [4.69, 9.17) is 9.47 Å². The van der Waals surface area contributed by atoms with Crippen LogP contribution in [0.2, 0.25) is 0 Å². The average Bonchev–Trinajstić information content (AvgIpc) is 2.62. The number of hydrogen-bond donors (Lipinski definition) is 2. The van der Waals surface area contributed by atoms with Gasteiger partial charge >= 0.3 is 0 Å². The van der Waals surface area contributed by atoms with Crippen molar-refractivity contribution in [3.05, 3.63) is 18.2 Å². The van der Waals surface area contributed by atoms with Crippen LogP contribution in [0.5, 0.6) is 11.5 Å². The summed E-state index contributed by atoms with van der Waals surface area (Å²) >= 11 is 0. The van der Waals surface area contributed by atoms with Gasteiger partial charge in [-0.2, -0.15) is 0 Å². The number of rotatable bonds is 6. The summed E-state index contributed by atoms with van der Waals surface area (Å²) in [6, 6.07) is 5.54. The number of anilines is 1. The zero-order valence-electron chi connectivity index (χ0n) is 14.9. The van der Waals surface area contributed by atoms with E-state index in [1.54, 1.807) is 21.3 Å². The molecule has 2 N–H and O–H groups in total. The van der Waals surface area contributed by atoms with E-state index in [0.29, 0.717) is 37.1 Å². The van der Waals surface area contributed by atoms with Gasteiger partial charge in [0, 0.05) is 45.0 Å². The van der Waals surface area contributed by atoms with Crippen molar-refractivity contribution < 1.29 is 17.9 Å². The van der Waals surface area contributed by atoms with Crippen molar-refractivity contribution in [2.75, 3.05) is 64.3 Å². The molecule has 0 spiro atoms. The minimum absolute atomic E-state index is 0.242. The van der Waals surface area contributed by atoms with Crippen LogP contribution in [0.3, 0.4) is 0 Å². The number of methoxy groups -OCH3 is 2. The Morgan fingerprint density at radius 2 is 1.88 bits per heavy atom. The van der Waals surface area contributed by atoms with E-state index in [0.717, 1.165) is 12.2 Å². The quantitative estimate of drug-likeness (QED) is 0.554. The Morgan fingerprint density at radius 3 is 2.48 bits per heavy atom. The predicted octanol–water partition coefficient (Wildman–Crippen LogP) is 0.422. The van der Waals surface area contributed by atoms with Crippen LogP contribution >= 0.6 is 0 Å². The van der Waals surface area contributed by atoms with Crippen LogP contribution in [-0.2, 0) is 9.84 Å². The largest absolute Gasteiger partial charge is 0.493 e. The first-order valence-electron chi connectivity index (χ1n) is 8.10. The third-order valence-corrected chi connectivity index (χ3v) is 5.64. The van der Waals surface area contributed by atoms with E-state index >= 15 is 0 Å². The van der Waals surface area contributed by atoms with Crippen molar-refractivity contribution in [3.63, 3.8) is 0 Å². The first kappa shape index (κ1) is 19.3. The number of guanidine groups is 1. The molecular formula is C16H26N4O4S. The predicted molar refractivity (Wildman–Crippen MR) is 99.6 cm³/mol. The average molecular weight is 370 g/mol. The molecule has 1 aliphatic rings. The Morgan fingerprint density at radius 1 is 1.20 bits per heavy atom. The van der Waals surface area contributed by atoms with Gasteiger partial charge < -0.3 is 20.1 Å². The number of ether oxygens (including phenoxy) is 2. The van der Waals surface area contributed by atoms with E-state index in [-0.39, 0.29) is 11.5 Å². The summed E-state index contributed by atoms with van der Waals surface area (Å²) in [7, 11) is 2.05. The molecule has 0 saturated carbocycles. The Labute approximate surface area is 149 Å². The summed E-state index contributed by atoms with van der Waals surface area (Å²) in [6.07, 6.45) is 0. The zero-order chi connectivity index (χ0) is 18.3. The van der Waals surface area contributed by atoms with E-state index in [2.05, 4.69) is 20.5 Å². The van der Waals surface area contributed by atoms with Crippen LogP contribution in [0.15, 0.2) is 23.2 Å². The minimum atomic E-state index is -2.84. The lowest BCUT2D eigenvalue weighted by Crippen LogP contribution is -2.44. The second-order valence-corrected chi connectivity index (χ2v) is 7.99. The molecule has 1 aromatic carbocycles. The summed E-state index contributed by atoms with van der Waals surface area (Å²) in [4.78, 5) is 6.33. The Balaban J connectivity index is 1.83. The highest BCUT2D eigenvalue weighted by Crippen LogP contribution is 2.29. The molecule has 140 valence electrons. The highest BCUT2D eigenvalue weighted by Gasteiger charge is 2.20. The van der Waals surface area contributed by atoms with E-state index in [1.807, 2.05) is 18.2 Å². The number of sulfone groups is 1. The summed E-state index contributed by atoms with van der Waals surface area (Å²) < 4.78 is 33.4. The van der Waals surface area contributed by atoms with Crippen LogP contribution in [0.4, 0.5) is 5.69 Å². The second kappa shape index (κ2) is 8.91. The third kappa shape index (κ3) is 5.79. The highest BCUT2D eigenvalue weighted by atomic mass is 32.2. The van der Waals surface area contributed by atoms with E-state index in [1.165, 1.54) is 0 Å². The van der Waals surface area contributed by atoms with Crippen LogP contribution < -0.4 is 20.1 Å². The van der Waals surface area contributed by atoms with Crippen LogP contribution in [0.25, 0.3) is 0 Å². The Bertz CT molecular complexity index is 692. The maximum absolute atomic E-state index is 11.4. The first-order valence-corrected chi connectivity index (χ1v) is 9.92. The van der Waals surface area contributed by atoms with Gasteiger partial charge in [0.25, 0.3) is 0 Å². The van der Waals surface area contributed by atoms with Gasteiger partial charge in [-0.05, 0) is 12.1 Å². The number of aliphatic imine (C=N–C) groups is 1. The highest BCUT2D eigenvalue weighted by molar-refractivity contribution is 7.91. The van der Waals surface area contributed by atoms with Gasteiger partial charge in [-0.25, -0.2) is 8.42 Å². The fourth-order valence-electron chi connectivity index (χ4n) is 2.54. The summed E-state index contributed by atoms with van der Waals surface area (Å²) in [5.41, 5.74) is 0.829. The molecular weight excluding hydrogens is 344 g/mol. The molecule has 0 amide bonds. The molecule has 1 fully saturated rings. The maximum Gasteiger partial charge on any atom is 0.195 e. The van der Waals surface area contributed by atoms with Crippen molar-refractivity contribution in [1.82, 2.24) is 10.2 Å². The third-order valence-electron chi connectivity index (χ3n) is 4.03. The molecule has 1 aliphatic heterocycles. The zero-order valence-corrected chi connectivity index (χ0v) is 15.7. The lowest BCUT2D eigenvalue weighted by Gasteiger charge is -2.26. The molecule has 0 unspecified atom stereocenters. The molecule has 9 heteroatoms. The van der Waals surface area contributed by atoms with Gasteiger partial charge in [0.15, 0.2) is 27.3 Å². The minimum Gasteiger partial charge on any atom is -0.493 e. The smallest absolute Gasteiger partial charge is 0.195 e. The lowest BCUT2D eigenvalue weighted by atomic mass is 10.3. The number of hydrogen-bond acceptors (Lipinski definition) is 6. The fourth-order valence-corrected chi connectivity index (χ4v) is 3.81. The number of nitrogens with one attached hydrogen (secondary N) is 2. The van der Waals surface area contributed by atoms with Gasteiger partial charge in [0.05, 0.1) is 25.7 Å². The summed E-state index contributed by atoms with van der Waals surface area (Å²) in [6.45, 7) is 2.62. The molecule has 0 bridgehead atoms. The molecule has 0 atom stereocenters. The molecule has 0 radical (unpaired) electrons. The molecule has 0 aliphatic carbocycles. The molecule has 25 heavy (non-hydrogen) atoms. The van der Waals surface area contributed by atoms with Gasteiger partial charge in [0.1, 0.15) is 0 Å². The first-order chi connectivity index (χ1) is 12.0. The maximum atomic E-state index is 11.4. The van der Waals surface area contributed by atoms with Gasteiger partial charge in [-0.1, -0.05) is 0 Å². The Hall–Kier alpha value is -2.00. The normalized spacial score (nSPS) is 17.8. The van der Waals surface area contributed by atoms with Gasteiger partial charge in [0.2, 0.25) is 0 Å². The van der Waals surface area contributed by atoms with Crippen molar-refractivity contribution in [2.45, 2.75) is 0 Å². The van der Waals surface area contributed by atoms with Gasteiger partial charge in [-0.15, -0.1) is 0 Å². The summed E-state index contributed by atoms with van der Waals surface area (Å²) in [5, 5.41) is 6.42. The molecule has 1 heterocycles. The lowest BCUT2D eigenvalue weighted by molar-refractivity contribution is 0.300. The number of benzene rings is 1. The van der Waals surface area contributed by atoms with Crippen LogP contribution in [-0.4, -0.2) is 78.2 Å². The number of nitrogens with zero attached hydrogens (tertiary/aromatic N) is 2. The monoisotopic (exact) mass is 370 g/mol. The standard InChI is InChI=1S/C16H26N4O4S/c1-17-16(18-6-7-20-8-10-25(21,22)11-9-20)19-13-4-5-14(23-2)15(12-13)24-3/h4-5,12H,6-11H2,1-3H3,(H2,17,18,19). The van der Waals surface area contributed by atoms with E-state index in [9.17, 15) is 8.42 Å². The van der Waals surface area contributed by atoms with Crippen molar-refractivity contribution in [1.29, 1.82) is 0 Å².